The van der Waals surface area contributed by atoms with E-state index in [1.165, 1.54) is 5.56 Å². The van der Waals surface area contributed by atoms with Gasteiger partial charge in [0.1, 0.15) is 5.69 Å². The lowest BCUT2D eigenvalue weighted by molar-refractivity contribution is 0.0947. The van der Waals surface area contributed by atoms with E-state index in [4.69, 9.17) is 0 Å². The highest BCUT2D eigenvalue weighted by atomic mass is 16.1. The third kappa shape index (κ3) is 7.30. The van der Waals surface area contributed by atoms with E-state index in [0.29, 0.717) is 18.2 Å². The first-order chi connectivity index (χ1) is 12.1. The van der Waals surface area contributed by atoms with Crippen LogP contribution in [-0.2, 0) is 6.42 Å². The van der Waals surface area contributed by atoms with E-state index >= 15 is 0 Å². The number of benzene rings is 1. The summed E-state index contributed by atoms with van der Waals surface area (Å²) in [5.41, 5.74) is 1.71. The predicted molar refractivity (Wildman–Crippen MR) is 101 cm³/mol. The van der Waals surface area contributed by atoms with Crippen molar-refractivity contribution < 1.29 is 4.79 Å². The molecule has 2 N–H and O–H groups in total. The van der Waals surface area contributed by atoms with Crippen LogP contribution in [-0.4, -0.2) is 54.5 Å². The van der Waals surface area contributed by atoms with Gasteiger partial charge in [-0.25, -0.2) is 9.97 Å². The Labute approximate surface area is 149 Å². The van der Waals surface area contributed by atoms with Gasteiger partial charge in [-0.05, 0) is 51.5 Å². The Bertz CT molecular complexity index is 645. The van der Waals surface area contributed by atoms with Crippen LogP contribution < -0.4 is 10.6 Å². The van der Waals surface area contributed by atoms with Crippen molar-refractivity contribution in [3.63, 3.8) is 0 Å². The molecular formula is C19H27N5O. The Balaban J connectivity index is 1.73. The summed E-state index contributed by atoms with van der Waals surface area (Å²) in [4.78, 5) is 22.7. The normalized spacial score (nSPS) is 10.7. The van der Waals surface area contributed by atoms with Crippen LogP contribution in [0.25, 0.3) is 0 Å². The van der Waals surface area contributed by atoms with Crippen molar-refractivity contribution in [2.45, 2.75) is 19.3 Å². The monoisotopic (exact) mass is 341 g/mol. The fourth-order valence-electron chi connectivity index (χ4n) is 2.40. The van der Waals surface area contributed by atoms with Gasteiger partial charge in [-0.3, -0.25) is 4.79 Å². The standard InChI is InChI=1S/C19H27N5O/c1-24(2)15-7-13-20-18(25)17-11-14-22-19(23-17)21-12-6-10-16-8-4-3-5-9-16/h3-5,8-9,11,14H,6-7,10,12-13,15H2,1-2H3,(H,20,25)(H,21,22,23). The molecule has 6 heteroatoms. The number of aryl methyl sites for hydroxylation is 1. The van der Waals surface area contributed by atoms with Gasteiger partial charge < -0.3 is 15.5 Å². The zero-order valence-corrected chi connectivity index (χ0v) is 15.0. The minimum absolute atomic E-state index is 0.159. The van der Waals surface area contributed by atoms with E-state index in [9.17, 15) is 4.79 Å². The number of carbonyl (C=O) groups is 1. The molecule has 0 radical (unpaired) electrons. The molecule has 1 aromatic heterocycles. The molecule has 25 heavy (non-hydrogen) atoms. The van der Waals surface area contributed by atoms with E-state index < -0.39 is 0 Å². The smallest absolute Gasteiger partial charge is 0.270 e. The average Bonchev–Trinajstić information content (AvgIpc) is 2.63. The van der Waals surface area contributed by atoms with Crippen molar-refractivity contribution in [2.24, 2.45) is 0 Å². The molecule has 0 fully saturated rings. The zero-order chi connectivity index (χ0) is 17.9. The Kier molecular flexibility index (Phi) is 7.85. The quantitative estimate of drug-likeness (QED) is 0.648. The largest absolute Gasteiger partial charge is 0.354 e. The highest BCUT2D eigenvalue weighted by molar-refractivity contribution is 5.92. The number of anilines is 1. The number of hydrogen-bond acceptors (Lipinski definition) is 5. The van der Waals surface area contributed by atoms with Gasteiger partial charge in [0.25, 0.3) is 5.91 Å². The second-order valence-corrected chi connectivity index (χ2v) is 6.19. The summed E-state index contributed by atoms with van der Waals surface area (Å²) in [6.45, 7) is 2.35. The second kappa shape index (κ2) is 10.4. The first-order valence-corrected chi connectivity index (χ1v) is 8.69. The molecule has 1 heterocycles. The summed E-state index contributed by atoms with van der Waals surface area (Å²) < 4.78 is 0. The zero-order valence-electron chi connectivity index (χ0n) is 15.0. The molecule has 134 valence electrons. The number of rotatable bonds is 10. The molecule has 6 nitrogen and oxygen atoms in total. The Morgan fingerprint density at radius 2 is 1.88 bits per heavy atom. The van der Waals surface area contributed by atoms with Gasteiger partial charge in [0.15, 0.2) is 0 Å². The van der Waals surface area contributed by atoms with Crippen LogP contribution in [0.5, 0.6) is 0 Å². The molecule has 0 aliphatic carbocycles. The summed E-state index contributed by atoms with van der Waals surface area (Å²) >= 11 is 0. The summed E-state index contributed by atoms with van der Waals surface area (Å²) in [5.74, 6) is 0.336. The Hall–Kier alpha value is -2.47. The summed E-state index contributed by atoms with van der Waals surface area (Å²) in [7, 11) is 4.03. The van der Waals surface area contributed by atoms with E-state index in [0.717, 1.165) is 32.4 Å². The maximum atomic E-state index is 12.1. The number of amides is 1. The molecule has 0 unspecified atom stereocenters. The number of hydrogen-bond donors (Lipinski definition) is 2. The maximum Gasteiger partial charge on any atom is 0.270 e. The van der Waals surface area contributed by atoms with Crippen molar-refractivity contribution in [1.29, 1.82) is 0 Å². The topological polar surface area (TPSA) is 70.2 Å². The summed E-state index contributed by atoms with van der Waals surface area (Å²) in [6.07, 6.45) is 4.50. The van der Waals surface area contributed by atoms with Crippen LogP contribution in [0.1, 0.15) is 28.9 Å². The third-order valence-electron chi connectivity index (χ3n) is 3.72. The van der Waals surface area contributed by atoms with Crippen molar-refractivity contribution in [2.75, 3.05) is 39.0 Å². The fraction of sp³-hybridized carbons (Fsp3) is 0.421. The number of carbonyl (C=O) groups excluding carboxylic acids is 1. The van der Waals surface area contributed by atoms with Crippen LogP contribution >= 0.6 is 0 Å². The predicted octanol–water partition coefficient (Wildman–Crippen LogP) is 2.20. The molecular weight excluding hydrogens is 314 g/mol. The third-order valence-corrected chi connectivity index (χ3v) is 3.72. The lowest BCUT2D eigenvalue weighted by Gasteiger charge is -2.10. The molecule has 0 aliphatic heterocycles. The van der Waals surface area contributed by atoms with Crippen LogP contribution in [0.2, 0.25) is 0 Å². The van der Waals surface area contributed by atoms with Gasteiger partial charge in [0, 0.05) is 19.3 Å². The highest BCUT2D eigenvalue weighted by Crippen LogP contribution is 2.04. The fourth-order valence-corrected chi connectivity index (χ4v) is 2.40. The molecule has 1 aromatic carbocycles. The second-order valence-electron chi connectivity index (χ2n) is 6.19. The number of nitrogens with zero attached hydrogens (tertiary/aromatic N) is 3. The summed E-state index contributed by atoms with van der Waals surface area (Å²) in [5, 5.41) is 6.07. The molecule has 2 aromatic rings. The lowest BCUT2D eigenvalue weighted by Crippen LogP contribution is -2.28. The van der Waals surface area contributed by atoms with Gasteiger partial charge in [-0.1, -0.05) is 30.3 Å². The van der Waals surface area contributed by atoms with Crippen molar-refractivity contribution >= 4 is 11.9 Å². The molecule has 0 aliphatic rings. The molecule has 2 rings (SSSR count). The molecule has 1 amide bonds. The first kappa shape index (κ1) is 18.9. The van der Waals surface area contributed by atoms with Crippen molar-refractivity contribution in [3.05, 3.63) is 53.9 Å². The van der Waals surface area contributed by atoms with Gasteiger partial charge in [0.05, 0.1) is 0 Å². The average molecular weight is 341 g/mol. The lowest BCUT2D eigenvalue weighted by atomic mass is 10.1. The van der Waals surface area contributed by atoms with Crippen molar-refractivity contribution in [1.82, 2.24) is 20.2 Å². The van der Waals surface area contributed by atoms with Crippen LogP contribution in [0.4, 0.5) is 5.95 Å². The van der Waals surface area contributed by atoms with Crippen LogP contribution in [0.15, 0.2) is 42.6 Å². The number of nitrogens with one attached hydrogen (secondary N) is 2. The molecule has 0 bridgehead atoms. The van der Waals surface area contributed by atoms with E-state index in [1.54, 1.807) is 12.3 Å². The minimum Gasteiger partial charge on any atom is -0.354 e. The van der Waals surface area contributed by atoms with Crippen LogP contribution in [0.3, 0.4) is 0 Å². The van der Waals surface area contributed by atoms with Gasteiger partial charge in [0.2, 0.25) is 5.95 Å². The van der Waals surface area contributed by atoms with E-state index in [2.05, 4.69) is 37.6 Å². The SMILES string of the molecule is CN(C)CCCNC(=O)c1ccnc(NCCCc2ccccc2)n1. The molecule has 0 saturated carbocycles. The maximum absolute atomic E-state index is 12.1. The first-order valence-electron chi connectivity index (χ1n) is 8.69. The Morgan fingerprint density at radius 1 is 1.08 bits per heavy atom. The molecule has 0 saturated heterocycles. The summed E-state index contributed by atoms with van der Waals surface area (Å²) in [6, 6.07) is 12.0. The number of aromatic nitrogens is 2. The van der Waals surface area contributed by atoms with Crippen molar-refractivity contribution in [3.8, 4) is 0 Å². The van der Waals surface area contributed by atoms with Gasteiger partial charge >= 0.3 is 0 Å². The highest BCUT2D eigenvalue weighted by Gasteiger charge is 2.08. The molecule has 0 atom stereocenters. The van der Waals surface area contributed by atoms with Gasteiger partial charge in [-0.2, -0.15) is 0 Å². The van der Waals surface area contributed by atoms with E-state index in [-0.39, 0.29) is 5.91 Å². The Morgan fingerprint density at radius 3 is 2.64 bits per heavy atom. The van der Waals surface area contributed by atoms with Gasteiger partial charge in [-0.15, -0.1) is 0 Å². The minimum atomic E-state index is -0.159. The molecule has 0 spiro atoms. The van der Waals surface area contributed by atoms with Crippen LogP contribution in [0, 0.1) is 0 Å². The van der Waals surface area contributed by atoms with E-state index in [1.807, 2.05) is 32.3 Å².